The minimum atomic E-state index is -0.806. The topological polar surface area (TPSA) is 102 Å². The molecule has 80 valence electrons. The molecule has 0 aliphatic heterocycles. The molecule has 0 atom stereocenters. The van der Waals surface area contributed by atoms with E-state index < -0.39 is 22.1 Å². The van der Waals surface area contributed by atoms with Gasteiger partial charge in [-0.3, -0.25) is 19.7 Å². The molecular weight excluding hydrogens is 204 g/mol. The summed E-state index contributed by atoms with van der Waals surface area (Å²) in [6.45, 7) is 0. The van der Waals surface area contributed by atoms with Gasteiger partial charge in [-0.15, -0.1) is 0 Å². The monoisotopic (exact) mass is 212 g/mol. The number of nitrogens with one attached hydrogen (secondary N) is 1. The fraction of sp³-hybridized carbons (Fsp3) is 0.250. The summed E-state index contributed by atoms with van der Waals surface area (Å²) >= 11 is 0. The number of esters is 1. The molecule has 1 N–H and O–H groups in total. The lowest BCUT2D eigenvalue weighted by Gasteiger charge is -1.98. The van der Waals surface area contributed by atoms with Crippen LogP contribution < -0.4 is 5.56 Å². The van der Waals surface area contributed by atoms with E-state index in [1.54, 1.807) is 0 Å². The van der Waals surface area contributed by atoms with Gasteiger partial charge >= 0.3 is 17.2 Å². The summed E-state index contributed by atoms with van der Waals surface area (Å²) in [5, 5.41) is 10.4. The van der Waals surface area contributed by atoms with Gasteiger partial charge in [-0.25, -0.2) is 0 Å². The molecule has 0 aliphatic carbocycles. The molecular formula is C8H8N2O5. The quantitative estimate of drug-likeness (QED) is 0.431. The van der Waals surface area contributed by atoms with Gasteiger partial charge in [0.2, 0.25) is 0 Å². The first kappa shape index (κ1) is 10.9. The minimum absolute atomic E-state index is 0.117. The number of nitro groups is 1. The molecule has 1 aromatic rings. The van der Waals surface area contributed by atoms with Crippen LogP contribution in [-0.2, 0) is 16.0 Å². The van der Waals surface area contributed by atoms with Gasteiger partial charge in [0, 0.05) is 12.3 Å². The van der Waals surface area contributed by atoms with Gasteiger partial charge in [0.25, 0.3) is 0 Å². The molecule has 7 nitrogen and oxygen atoms in total. The average molecular weight is 212 g/mol. The molecule has 0 radical (unpaired) electrons. The lowest BCUT2D eigenvalue weighted by atomic mass is 10.2. The Morgan fingerprint density at radius 3 is 2.87 bits per heavy atom. The third-order valence-corrected chi connectivity index (χ3v) is 1.72. The fourth-order valence-corrected chi connectivity index (χ4v) is 0.992. The molecule has 0 bridgehead atoms. The van der Waals surface area contributed by atoms with Crippen LogP contribution in [0.4, 0.5) is 5.69 Å². The van der Waals surface area contributed by atoms with Gasteiger partial charge in [0.15, 0.2) is 0 Å². The van der Waals surface area contributed by atoms with Crippen molar-refractivity contribution in [2.45, 2.75) is 6.42 Å². The van der Waals surface area contributed by atoms with Crippen molar-refractivity contribution < 1.29 is 14.5 Å². The van der Waals surface area contributed by atoms with Crippen LogP contribution in [-0.4, -0.2) is 23.0 Å². The van der Waals surface area contributed by atoms with Crippen molar-refractivity contribution in [3.05, 3.63) is 38.3 Å². The van der Waals surface area contributed by atoms with E-state index in [1.165, 1.54) is 13.3 Å². The second-order valence-electron chi connectivity index (χ2n) is 2.73. The van der Waals surface area contributed by atoms with Gasteiger partial charge in [0.1, 0.15) is 0 Å². The predicted molar refractivity (Wildman–Crippen MR) is 49.4 cm³/mol. The summed E-state index contributed by atoms with van der Waals surface area (Å²) in [6.07, 6.45) is 1.13. The number of carbonyl (C=O) groups excluding carboxylic acids is 1. The zero-order valence-electron chi connectivity index (χ0n) is 7.85. The highest BCUT2D eigenvalue weighted by molar-refractivity contribution is 5.72. The lowest BCUT2D eigenvalue weighted by Crippen LogP contribution is -2.13. The van der Waals surface area contributed by atoms with E-state index in [9.17, 15) is 19.7 Å². The van der Waals surface area contributed by atoms with E-state index in [0.29, 0.717) is 5.56 Å². The standard InChI is InChI=1S/C8H8N2O5/c1-15-7(11)3-5-2-6(10(13)14)8(12)9-4-5/h2,4H,3H2,1H3,(H,9,12). The zero-order valence-corrected chi connectivity index (χ0v) is 7.85. The van der Waals surface area contributed by atoms with Gasteiger partial charge in [-0.1, -0.05) is 0 Å². The Hall–Kier alpha value is -2.18. The van der Waals surface area contributed by atoms with Crippen LogP contribution in [0.15, 0.2) is 17.1 Å². The van der Waals surface area contributed by atoms with Gasteiger partial charge in [-0.05, 0) is 5.56 Å². The van der Waals surface area contributed by atoms with Crippen LogP contribution in [0.25, 0.3) is 0 Å². The van der Waals surface area contributed by atoms with Crippen LogP contribution in [0.1, 0.15) is 5.56 Å². The van der Waals surface area contributed by atoms with E-state index in [1.807, 2.05) is 0 Å². The molecule has 1 heterocycles. The van der Waals surface area contributed by atoms with E-state index in [-0.39, 0.29) is 6.42 Å². The van der Waals surface area contributed by atoms with Crippen molar-refractivity contribution in [3.63, 3.8) is 0 Å². The van der Waals surface area contributed by atoms with E-state index in [0.717, 1.165) is 6.07 Å². The molecule has 0 unspecified atom stereocenters. The first-order valence-corrected chi connectivity index (χ1v) is 3.97. The largest absolute Gasteiger partial charge is 0.469 e. The molecule has 0 saturated carbocycles. The maximum atomic E-state index is 11.0. The zero-order chi connectivity index (χ0) is 11.4. The van der Waals surface area contributed by atoms with E-state index in [2.05, 4.69) is 9.72 Å². The number of methoxy groups -OCH3 is 1. The summed E-state index contributed by atoms with van der Waals surface area (Å²) < 4.78 is 4.38. The number of hydrogen-bond acceptors (Lipinski definition) is 5. The van der Waals surface area contributed by atoms with Gasteiger partial charge < -0.3 is 9.72 Å². The first-order valence-electron chi connectivity index (χ1n) is 3.97. The number of carbonyl (C=O) groups is 1. The number of aromatic nitrogens is 1. The number of H-pyrrole nitrogens is 1. The normalized spacial score (nSPS) is 9.67. The predicted octanol–water partition coefficient (Wildman–Crippen LogP) is -0.00140. The Morgan fingerprint density at radius 1 is 1.67 bits per heavy atom. The highest BCUT2D eigenvalue weighted by atomic mass is 16.6. The minimum Gasteiger partial charge on any atom is -0.469 e. The van der Waals surface area contributed by atoms with Crippen LogP contribution >= 0.6 is 0 Å². The molecule has 0 spiro atoms. The Morgan fingerprint density at radius 2 is 2.33 bits per heavy atom. The van der Waals surface area contributed by atoms with Crippen LogP contribution in [0.2, 0.25) is 0 Å². The number of nitrogens with zero attached hydrogens (tertiary/aromatic N) is 1. The molecule has 7 heteroatoms. The summed E-state index contributed by atoms with van der Waals surface area (Å²) in [7, 11) is 1.21. The van der Waals surface area contributed by atoms with E-state index >= 15 is 0 Å². The van der Waals surface area contributed by atoms with Gasteiger partial charge in [0.05, 0.1) is 18.5 Å². The molecule has 1 rings (SSSR count). The maximum absolute atomic E-state index is 11.0. The summed E-state index contributed by atoms with van der Waals surface area (Å²) in [5.41, 5.74) is -1.06. The number of ether oxygens (including phenoxy) is 1. The Bertz CT molecular complexity index is 451. The molecule has 0 fully saturated rings. The SMILES string of the molecule is COC(=O)Cc1c[nH]c(=O)c([N+](=O)[O-])c1. The van der Waals surface area contributed by atoms with Crippen LogP contribution in [0, 0.1) is 10.1 Å². The fourth-order valence-electron chi connectivity index (χ4n) is 0.992. The molecule has 0 aromatic carbocycles. The van der Waals surface area contributed by atoms with Crippen LogP contribution in [0.5, 0.6) is 0 Å². The third kappa shape index (κ3) is 2.63. The number of rotatable bonds is 3. The Balaban J connectivity index is 3.03. The second-order valence-corrected chi connectivity index (χ2v) is 2.73. The molecule has 0 aliphatic rings. The molecule has 1 aromatic heterocycles. The first-order chi connectivity index (χ1) is 7.04. The smallest absolute Gasteiger partial charge is 0.334 e. The Labute approximate surface area is 83.8 Å². The summed E-state index contributed by atoms with van der Waals surface area (Å²) in [6, 6.07) is 1.05. The average Bonchev–Trinajstić information content (AvgIpc) is 2.20. The van der Waals surface area contributed by atoms with Crippen molar-refractivity contribution in [2.75, 3.05) is 7.11 Å². The maximum Gasteiger partial charge on any atom is 0.334 e. The lowest BCUT2D eigenvalue weighted by molar-refractivity contribution is -0.386. The van der Waals surface area contributed by atoms with Crippen molar-refractivity contribution >= 4 is 11.7 Å². The van der Waals surface area contributed by atoms with Crippen molar-refractivity contribution in [1.82, 2.24) is 4.98 Å². The van der Waals surface area contributed by atoms with Crippen LogP contribution in [0.3, 0.4) is 0 Å². The number of hydrogen-bond donors (Lipinski definition) is 1. The summed E-state index contributed by atoms with van der Waals surface area (Å²) in [4.78, 5) is 33.6. The third-order valence-electron chi connectivity index (χ3n) is 1.72. The number of pyridine rings is 1. The molecule has 0 amide bonds. The second kappa shape index (κ2) is 4.36. The van der Waals surface area contributed by atoms with Crippen molar-refractivity contribution in [1.29, 1.82) is 0 Å². The number of aromatic amines is 1. The highest BCUT2D eigenvalue weighted by Gasteiger charge is 2.14. The highest BCUT2D eigenvalue weighted by Crippen LogP contribution is 2.07. The van der Waals surface area contributed by atoms with Crippen molar-refractivity contribution in [3.8, 4) is 0 Å². The van der Waals surface area contributed by atoms with Crippen molar-refractivity contribution in [2.24, 2.45) is 0 Å². The summed E-state index contributed by atoms with van der Waals surface area (Å²) in [5.74, 6) is -0.531. The Kier molecular flexibility index (Phi) is 3.17. The molecule has 0 saturated heterocycles. The molecule has 15 heavy (non-hydrogen) atoms. The van der Waals surface area contributed by atoms with Gasteiger partial charge in [-0.2, -0.15) is 0 Å². The van der Waals surface area contributed by atoms with E-state index in [4.69, 9.17) is 0 Å².